The third kappa shape index (κ3) is 4.35. The predicted octanol–water partition coefficient (Wildman–Crippen LogP) is 0.435. The molecule has 0 spiro atoms. The van der Waals surface area contributed by atoms with E-state index in [0.29, 0.717) is 23.7 Å². The fourth-order valence-electron chi connectivity index (χ4n) is 1.90. The Morgan fingerprint density at radius 3 is 2.81 bits per heavy atom. The first-order chi connectivity index (χ1) is 10.1. The average molecular weight is 309 g/mol. The lowest BCUT2D eigenvalue weighted by atomic mass is 10.2. The smallest absolute Gasteiger partial charge is 0.240 e. The van der Waals surface area contributed by atoms with E-state index in [1.54, 1.807) is 12.1 Å². The van der Waals surface area contributed by atoms with Gasteiger partial charge in [0.1, 0.15) is 12.2 Å². The summed E-state index contributed by atoms with van der Waals surface area (Å²) in [5, 5.41) is 9.56. The van der Waals surface area contributed by atoms with Gasteiger partial charge >= 0.3 is 0 Å². The molecule has 0 amide bonds. The van der Waals surface area contributed by atoms with Gasteiger partial charge in [-0.1, -0.05) is 25.1 Å². The van der Waals surface area contributed by atoms with Gasteiger partial charge < -0.3 is 5.32 Å². The SMILES string of the molecule is CCNCc1ccccc1S(=O)(=O)NCCc1ncn[nH]1. The van der Waals surface area contributed by atoms with Crippen molar-refractivity contribution in [1.82, 2.24) is 25.2 Å². The summed E-state index contributed by atoms with van der Waals surface area (Å²) in [7, 11) is -3.53. The van der Waals surface area contributed by atoms with E-state index in [4.69, 9.17) is 0 Å². The van der Waals surface area contributed by atoms with Gasteiger partial charge in [-0.05, 0) is 18.2 Å². The third-order valence-corrected chi connectivity index (χ3v) is 4.51. The molecule has 0 aliphatic rings. The highest BCUT2D eigenvalue weighted by Crippen LogP contribution is 2.15. The molecule has 1 aromatic heterocycles. The van der Waals surface area contributed by atoms with Crippen LogP contribution >= 0.6 is 0 Å². The molecule has 3 N–H and O–H groups in total. The Morgan fingerprint density at radius 2 is 2.10 bits per heavy atom. The van der Waals surface area contributed by atoms with Crippen LogP contribution < -0.4 is 10.0 Å². The van der Waals surface area contributed by atoms with Crippen molar-refractivity contribution in [1.29, 1.82) is 0 Å². The van der Waals surface area contributed by atoms with E-state index < -0.39 is 10.0 Å². The second kappa shape index (κ2) is 7.30. The number of aromatic amines is 1. The summed E-state index contributed by atoms with van der Waals surface area (Å²) < 4.78 is 27.3. The zero-order valence-electron chi connectivity index (χ0n) is 11.8. The molecule has 1 aromatic carbocycles. The number of aromatic nitrogens is 3. The van der Waals surface area contributed by atoms with Gasteiger partial charge in [0, 0.05) is 19.5 Å². The highest BCUT2D eigenvalue weighted by atomic mass is 32.2. The van der Waals surface area contributed by atoms with Crippen molar-refractivity contribution < 1.29 is 8.42 Å². The maximum absolute atomic E-state index is 12.4. The number of benzene rings is 1. The van der Waals surface area contributed by atoms with Crippen molar-refractivity contribution >= 4 is 10.0 Å². The Labute approximate surface area is 124 Å². The molecule has 2 aromatic rings. The van der Waals surface area contributed by atoms with Crippen LogP contribution in [0.4, 0.5) is 0 Å². The van der Waals surface area contributed by atoms with E-state index >= 15 is 0 Å². The van der Waals surface area contributed by atoms with Crippen LogP contribution in [0.15, 0.2) is 35.5 Å². The Kier molecular flexibility index (Phi) is 5.43. The molecule has 0 radical (unpaired) electrons. The quantitative estimate of drug-likeness (QED) is 0.657. The molecule has 7 nitrogen and oxygen atoms in total. The molecule has 0 fully saturated rings. The van der Waals surface area contributed by atoms with E-state index in [-0.39, 0.29) is 6.54 Å². The molecule has 8 heteroatoms. The molecule has 21 heavy (non-hydrogen) atoms. The lowest BCUT2D eigenvalue weighted by molar-refractivity contribution is 0.578. The Balaban J connectivity index is 2.04. The highest BCUT2D eigenvalue weighted by molar-refractivity contribution is 7.89. The second-order valence-electron chi connectivity index (χ2n) is 4.47. The lowest BCUT2D eigenvalue weighted by Gasteiger charge is -2.11. The molecule has 0 bridgehead atoms. The van der Waals surface area contributed by atoms with E-state index in [2.05, 4.69) is 25.2 Å². The van der Waals surface area contributed by atoms with Crippen molar-refractivity contribution in [2.24, 2.45) is 0 Å². The summed E-state index contributed by atoms with van der Waals surface area (Å²) in [6.07, 6.45) is 1.87. The first-order valence-electron chi connectivity index (χ1n) is 6.76. The molecule has 1 heterocycles. The van der Waals surface area contributed by atoms with Crippen molar-refractivity contribution in [2.45, 2.75) is 24.8 Å². The molecule has 0 saturated heterocycles. The van der Waals surface area contributed by atoms with Gasteiger partial charge in [0.2, 0.25) is 10.0 Å². The fourth-order valence-corrected chi connectivity index (χ4v) is 3.17. The maximum atomic E-state index is 12.4. The molecule has 0 aliphatic heterocycles. The van der Waals surface area contributed by atoms with Crippen LogP contribution in [0.1, 0.15) is 18.3 Å². The van der Waals surface area contributed by atoms with Gasteiger partial charge in [-0.2, -0.15) is 5.10 Å². The standard InChI is InChI=1S/C13H19N5O2S/c1-2-14-9-11-5-3-4-6-12(11)21(19,20)17-8-7-13-15-10-16-18-13/h3-6,10,14,17H,2,7-9H2,1H3,(H,15,16,18). The fraction of sp³-hybridized carbons (Fsp3) is 0.385. The van der Waals surface area contributed by atoms with Crippen molar-refractivity contribution in [2.75, 3.05) is 13.1 Å². The minimum absolute atomic E-state index is 0.271. The Hall–Kier alpha value is -1.77. The van der Waals surface area contributed by atoms with E-state index in [1.165, 1.54) is 6.33 Å². The van der Waals surface area contributed by atoms with Gasteiger partial charge in [0.25, 0.3) is 0 Å². The minimum Gasteiger partial charge on any atom is -0.313 e. The first kappa shape index (κ1) is 15.6. The average Bonchev–Trinajstić information content (AvgIpc) is 2.98. The normalized spacial score (nSPS) is 11.7. The minimum atomic E-state index is -3.53. The molecule has 2 rings (SSSR count). The molecular formula is C13H19N5O2S. The maximum Gasteiger partial charge on any atom is 0.240 e. The van der Waals surface area contributed by atoms with Crippen LogP contribution in [0, 0.1) is 0 Å². The Bertz CT molecular complexity index is 655. The summed E-state index contributed by atoms with van der Waals surface area (Å²) in [5.74, 6) is 0.652. The topological polar surface area (TPSA) is 99.8 Å². The number of nitrogens with one attached hydrogen (secondary N) is 3. The summed E-state index contributed by atoms with van der Waals surface area (Å²) in [5.41, 5.74) is 0.756. The number of hydrogen-bond donors (Lipinski definition) is 3. The van der Waals surface area contributed by atoms with Crippen LogP contribution in [0.5, 0.6) is 0 Å². The van der Waals surface area contributed by atoms with E-state index in [9.17, 15) is 8.42 Å². The van der Waals surface area contributed by atoms with Crippen LogP contribution in [0.2, 0.25) is 0 Å². The van der Waals surface area contributed by atoms with E-state index in [0.717, 1.165) is 12.1 Å². The molecular weight excluding hydrogens is 290 g/mol. The van der Waals surface area contributed by atoms with Crippen LogP contribution in [0.25, 0.3) is 0 Å². The monoisotopic (exact) mass is 309 g/mol. The van der Waals surface area contributed by atoms with E-state index in [1.807, 2.05) is 19.1 Å². The van der Waals surface area contributed by atoms with Gasteiger partial charge in [-0.15, -0.1) is 0 Å². The van der Waals surface area contributed by atoms with Gasteiger partial charge in [-0.3, -0.25) is 5.10 Å². The Morgan fingerprint density at radius 1 is 1.29 bits per heavy atom. The second-order valence-corrected chi connectivity index (χ2v) is 6.20. The van der Waals surface area contributed by atoms with Gasteiger partial charge in [0.15, 0.2) is 0 Å². The summed E-state index contributed by atoms with van der Waals surface area (Å²) in [6, 6.07) is 6.98. The number of rotatable bonds is 8. The largest absolute Gasteiger partial charge is 0.313 e. The van der Waals surface area contributed by atoms with Crippen LogP contribution in [0.3, 0.4) is 0 Å². The number of sulfonamides is 1. The van der Waals surface area contributed by atoms with Crippen molar-refractivity contribution in [3.63, 3.8) is 0 Å². The van der Waals surface area contributed by atoms with Crippen LogP contribution in [-0.4, -0.2) is 36.7 Å². The number of nitrogens with zero attached hydrogens (tertiary/aromatic N) is 2. The highest BCUT2D eigenvalue weighted by Gasteiger charge is 2.17. The summed E-state index contributed by atoms with van der Waals surface area (Å²) in [4.78, 5) is 4.26. The van der Waals surface area contributed by atoms with Gasteiger partial charge in [-0.25, -0.2) is 18.1 Å². The van der Waals surface area contributed by atoms with Gasteiger partial charge in [0.05, 0.1) is 4.90 Å². The molecule has 0 aliphatic carbocycles. The number of hydrogen-bond acceptors (Lipinski definition) is 5. The summed E-state index contributed by atoms with van der Waals surface area (Å²) >= 11 is 0. The molecule has 114 valence electrons. The van der Waals surface area contributed by atoms with Crippen molar-refractivity contribution in [3.05, 3.63) is 42.0 Å². The number of H-pyrrole nitrogens is 1. The first-order valence-corrected chi connectivity index (χ1v) is 8.24. The zero-order chi connectivity index (χ0) is 15.1. The molecule has 0 atom stereocenters. The third-order valence-electron chi connectivity index (χ3n) is 2.95. The predicted molar refractivity (Wildman–Crippen MR) is 79.1 cm³/mol. The lowest BCUT2D eigenvalue weighted by Crippen LogP contribution is -2.28. The molecule has 0 saturated carbocycles. The van der Waals surface area contributed by atoms with Crippen LogP contribution in [-0.2, 0) is 23.0 Å². The summed E-state index contributed by atoms with van der Waals surface area (Å²) in [6.45, 7) is 3.56. The van der Waals surface area contributed by atoms with Crippen molar-refractivity contribution in [3.8, 4) is 0 Å². The molecule has 0 unspecified atom stereocenters. The zero-order valence-corrected chi connectivity index (χ0v) is 12.7.